The van der Waals surface area contributed by atoms with Crippen molar-refractivity contribution in [2.24, 2.45) is 0 Å². The van der Waals surface area contributed by atoms with E-state index in [9.17, 15) is 0 Å². The van der Waals surface area contributed by atoms with Gasteiger partial charge in [0.1, 0.15) is 34.2 Å². The van der Waals surface area contributed by atoms with Crippen molar-refractivity contribution in [1.82, 2.24) is 0 Å². The number of hydrogen-bond acceptors (Lipinski definition) is 8. The molecule has 0 heterocycles. The number of benzene rings is 6. The summed E-state index contributed by atoms with van der Waals surface area (Å²) in [7, 11) is 10.8. The molecule has 0 N–H and O–H groups in total. The maximum atomic E-state index is 7.03. The predicted molar refractivity (Wildman–Crippen MR) is 258 cm³/mol. The first-order valence-corrected chi connectivity index (χ1v) is 24.3. The summed E-state index contributed by atoms with van der Waals surface area (Å²) in [6.07, 6.45) is 9.06. The molecule has 62 heavy (non-hydrogen) atoms. The van der Waals surface area contributed by atoms with Crippen LogP contribution in [0.25, 0.3) is 0 Å². The number of rotatable bonds is 27. The van der Waals surface area contributed by atoms with Gasteiger partial charge in [0, 0.05) is 24.7 Å². The molecule has 0 aliphatic carbocycles. The molecule has 6 nitrogen and oxygen atoms in total. The highest BCUT2D eigenvalue weighted by molar-refractivity contribution is 8.76. The van der Waals surface area contributed by atoms with Gasteiger partial charge < -0.3 is 28.4 Å². The molecule has 0 fully saturated rings. The summed E-state index contributed by atoms with van der Waals surface area (Å²) in [5.74, 6) is 5.62. The molecule has 6 aromatic carbocycles. The van der Waals surface area contributed by atoms with E-state index in [0.29, 0.717) is 13.2 Å². The van der Waals surface area contributed by atoms with Crippen LogP contribution < -0.4 is 18.9 Å². The molecule has 0 atom stereocenters. The topological polar surface area (TPSA) is 55.4 Å². The maximum Gasteiger partial charge on any atom is 0.143 e. The number of unbranched alkanes of at least 4 members (excludes halogenated alkanes) is 6. The summed E-state index contributed by atoms with van der Waals surface area (Å²) < 4.78 is 36.0. The zero-order valence-electron chi connectivity index (χ0n) is 36.8. The molecule has 0 aliphatic heterocycles. The SMILES string of the molecule is COc1ccc(C(OCCCCCCSSCCCCCCOC(c2ccccc2)(c2ccc(OC)cc2)c2ccc(OC)cc2)(c2ccccc2)c2ccc(OC)cc2)cc1. The quantitative estimate of drug-likeness (QED) is 0.0288. The highest BCUT2D eigenvalue weighted by Gasteiger charge is 2.39. The lowest BCUT2D eigenvalue weighted by atomic mass is 9.80. The third-order valence-corrected chi connectivity index (χ3v) is 13.9. The zero-order chi connectivity index (χ0) is 43.3. The Kier molecular flexibility index (Phi) is 18.6. The first kappa shape index (κ1) is 46.6. The van der Waals surface area contributed by atoms with Gasteiger partial charge in [-0.05, 0) is 108 Å². The second-order valence-corrected chi connectivity index (χ2v) is 17.9. The molecule has 0 unspecified atom stereocenters. The summed E-state index contributed by atoms with van der Waals surface area (Å²) in [5, 5.41) is 0. The second kappa shape index (κ2) is 24.7. The minimum atomic E-state index is -0.763. The van der Waals surface area contributed by atoms with Gasteiger partial charge in [-0.1, -0.05) is 156 Å². The molecule has 326 valence electrons. The van der Waals surface area contributed by atoms with E-state index >= 15 is 0 Å². The van der Waals surface area contributed by atoms with E-state index in [-0.39, 0.29) is 0 Å². The molecule has 0 saturated heterocycles. The molecule has 0 spiro atoms. The van der Waals surface area contributed by atoms with Crippen LogP contribution in [-0.4, -0.2) is 53.2 Å². The Morgan fingerprint density at radius 1 is 0.306 bits per heavy atom. The monoisotopic (exact) mass is 870 g/mol. The Morgan fingerprint density at radius 3 is 0.839 bits per heavy atom. The van der Waals surface area contributed by atoms with E-state index in [1.54, 1.807) is 28.4 Å². The van der Waals surface area contributed by atoms with Gasteiger partial charge in [0.05, 0.1) is 28.4 Å². The van der Waals surface area contributed by atoms with Crippen LogP contribution in [0.5, 0.6) is 23.0 Å². The minimum Gasteiger partial charge on any atom is -0.497 e. The van der Waals surface area contributed by atoms with Crippen molar-refractivity contribution < 1.29 is 28.4 Å². The largest absolute Gasteiger partial charge is 0.497 e. The van der Waals surface area contributed by atoms with Crippen LogP contribution in [0, 0.1) is 0 Å². The van der Waals surface area contributed by atoms with Crippen LogP contribution >= 0.6 is 21.6 Å². The third kappa shape index (κ3) is 12.0. The van der Waals surface area contributed by atoms with E-state index in [2.05, 4.69) is 109 Å². The number of methoxy groups -OCH3 is 4. The highest BCUT2D eigenvalue weighted by atomic mass is 33.1. The molecule has 6 aromatic rings. The van der Waals surface area contributed by atoms with Crippen LogP contribution in [0.4, 0.5) is 0 Å². The Bertz CT molecular complexity index is 1880. The lowest BCUT2D eigenvalue weighted by Crippen LogP contribution is -2.33. The molecule has 0 saturated carbocycles. The van der Waals surface area contributed by atoms with E-state index < -0.39 is 11.2 Å². The average molecular weight is 871 g/mol. The van der Waals surface area contributed by atoms with Crippen LogP contribution in [-0.2, 0) is 20.7 Å². The second-order valence-electron chi connectivity index (χ2n) is 15.2. The van der Waals surface area contributed by atoms with E-state index in [1.807, 2.05) is 70.1 Å². The minimum absolute atomic E-state index is 0.649. The van der Waals surface area contributed by atoms with Gasteiger partial charge in [0.2, 0.25) is 0 Å². The van der Waals surface area contributed by atoms with Gasteiger partial charge in [-0.25, -0.2) is 0 Å². The fourth-order valence-corrected chi connectivity index (χ4v) is 10.2. The Morgan fingerprint density at radius 2 is 0.565 bits per heavy atom. The smallest absolute Gasteiger partial charge is 0.143 e. The van der Waals surface area contributed by atoms with Gasteiger partial charge in [0.25, 0.3) is 0 Å². The summed E-state index contributed by atoms with van der Waals surface area (Å²) in [5.41, 5.74) is 4.92. The van der Waals surface area contributed by atoms with Crippen molar-refractivity contribution in [2.75, 3.05) is 53.2 Å². The van der Waals surface area contributed by atoms with Crippen molar-refractivity contribution in [3.63, 3.8) is 0 Å². The van der Waals surface area contributed by atoms with E-state index in [0.717, 1.165) is 82.1 Å². The van der Waals surface area contributed by atoms with Gasteiger partial charge in [-0.2, -0.15) is 0 Å². The molecule has 0 radical (unpaired) electrons. The maximum absolute atomic E-state index is 7.03. The lowest BCUT2D eigenvalue weighted by molar-refractivity contribution is 0.0105. The van der Waals surface area contributed by atoms with Crippen LogP contribution in [0.3, 0.4) is 0 Å². The zero-order valence-corrected chi connectivity index (χ0v) is 38.4. The first-order chi connectivity index (χ1) is 30.6. The number of hydrogen-bond donors (Lipinski definition) is 0. The Balaban J connectivity index is 0.925. The van der Waals surface area contributed by atoms with Crippen LogP contribution in [0.15, 0.2) is 158 Å². The van der Waals surface area contributed by atoms with Crippen molar-refractivity contribution in [2.45, 2.75) is 62.6 Å². The fourth-order valence-electron chi connectivity index (χ4n) is 7.95. The number of ether oxygens (including phenoxy) is 6. The lowest BCUT2D eigenvalue weighted by Gasteiger charge is -2.36. The molecule has 8 heteroatoms. The molecular weight excluding hydrogens is 809 g/mol. The predicted octanol–water partition coefficient (Wildman–Crippen LogP) is 13.5. The molecule has 0 amide bonds. The summed E-state index contributed by atoms with van der Waals surface area (Å²) >= 11 is 0. The van der Waals surface area contributed by atoms with Crippen molar-refractivity contribution in [1.29, 1.82) is 0 Å². The van der Waals surface area contributed by atoms with Crippen molar-refractivity contribution in [3.05, 3.63) is 191 Å². The highest BCUT2D eigenvalue weighted by Crippen LogP contribution is 2.43. The molecular formula is C54H62O6S2. The summed E-state index contributed by atoms with van der Waals surface area (Å²) in [4.78, 5) is 0. The van der Waals surface area contributed by atoms with Gasteiger partial charge in [0.15, 0.2) is 0 Å². The normalized spacial score (nSPS) is 11.6. The van der Waals surface area contributed by atoms with E-state index in [1.165, 1.54) is 37.2 Å². The third-order valence-electron chi connectivity index (χ3n) is 11.3. The molecule has 0 aromatic heterocycles. The summed E-state index contributed by atoms with van der Waals surface area (Å²) in [6.45, 7) is 1.30. The fraction of sp³-hybridized carbons (Fsp3) is 0.333. The van der Waals surface area contributed by atoms with Gasteiger partial charge >= 0.3 is 0 Å². The Labute approximate surface area is 378 Å². The van der Waals surface area contributed by atoms with Crippen molar-refractivity contribution >= 4 is 21.6 Å². The molecule has 0 aliphatic rings. The van der Waals surface area contributed by atoms with Crippen molar-refractivity contribution in [3.8, 4) is 23.0 Å². The standard InChI is InChI=1S/C54H62O6S2/c1-55-49-31-23-45(24-32-49)53(43-19-11-9-12-20-43,46-25-33-50(56-2)34-26-46)59-39-15-5-7-17-41-61-62-42-18-8-6-16-40-60-54(44-21-13-10-14-22-44,47-27-35-51(57-3)36-28-47)48-29-37-52(58-4)38-30-48/h9-14,19-38H,5-8,15-18,39-42H2,1-4H3. The van der Waals surface area contributed by atoms with Crippen LogP contribution in [0.2, 0.25) is 0 Å². The molecule has 0 bridgehead atoms. The van der Waals surface area contributed by atoms with Gasteiger partial charge in [-0.15, -0.1) is 0 Å². The summed E-state index contributed by atoms with van der Waals surface area (Å²) in [6, 6.07) is 54.1. The Hall–Kier alpha value is -4.86. The molecule has 6 rings (SSSR count). The van der Waals surface area contributed by atoms with E-state index in [4.69, 9.17) is 28.4 Å². The van der Waals surface area contributed by atoms with Crippen LogP contribution in [0.1, 0.15) is 84.7 Å². The first-order valence-electron chi connectivity index (χ1n) is 21.8. The average Bonchev–Trinajstić information content (AvgIpc) is 3.34. The van der Waals surface area contributed by atoms with Gasteiger partial charge in [-0.3, -0.25) is 0 Å².